The monoisotopic (exact) mass is 328 g/mol. The minimum atomic E-state index is -0.307. The molecule has 0 radical (unpaired) electrons. The maximum Gasteiger partial charge on any atom is 0.275 e. The molecule has 0 unspecified atom stereocenters. The smallest absolute Gasteiger partial charge is 0.275 e. The minimum absolute atomic E-state index is 0.0665. The van der Waals surface area contributed by atoms with Crippen LogP contribution in [-0.2, 0) is 17.6 Å². The van der Waals surface area contributed by atoms with Gasteiger partial charge in [-0.3, -0.25) is 9.59 Å². The Hall–Kier alpha value is -2.70. The number of nitrogens with one attached hydrogen (secondary N) is 1. The lowest BCUT2D eigenvalue weighted by atomic mass is 10.1. The normalized spacial score (nSPS) is 16.9. The summed E-state index contributed by atoms with van der Waals surface area (Å²) in [5.74, 6) is -0.661. The van der Waals surface area contributed by atoms with Gasteiger partial charge in [0.25, 0.3) is 5.91 Å². The molecule has 6 nitrogen and oxygen atoms in total. The van der Waals surface area contributed by atoms with Gasteiger partial charge in [-0.25, -0.2) is 9.07 Å². The number of carbonyl (C=O) groups excluding carboxylic acids is 2. The van der Waals surface area contributed by atoms with E-state index < -0.39 is 0 Å². The van der Waals surface area contributed by atoms with Crippen molar-refractivity contribution in [1.82, 2.24) is 20.0 Å². The standard InChI is InChI=1S/C17H17FN4O2/c18-11-4-6-12(7-5-11)22-14-3-1-2-13(14)16(20-22)17(24)21-9-8-19-15(23)10-21/h4-7H,1-3,8-10H2,(H,19,23). The lowest BCUT2D eigenvalue weighted by molar-refractivity contribution is -0.123. The second kappa shape index (κ2) is 5.74. The third kappa shape index (κ3) is 2.46. The third-order valence-corrected chi connectivity index (χ3v) is 4.53. The van der Waals surface area contributed by atoms with Crippen molar-refractivity contribution in [3.05, 3.63) is 47.0 Å². The summed E-state index contributed by atoms with van der Waals surface area (Å²) < 4.78 is 14.9. The van der Waals surface area contributed by atoms with Crippen LogP contribution in [0.1, 0.15) is 28.2 Å². The SMILES string of the molecule is O=C1CN(C(=O)c2nn(-c3ccc(F)cc3)c3c2CCC3)CCN1. The molecule has 7 heteroatoms. The summed E-state index contributed by atoms with van der Waals surface area (Å²) >= 11 is 0. The largest absolute Gasteiger partial charge is 0.353 e. The Bertz CT molecular complexity index is 813. The second-order valence-corrected chi connectivity index (χ2v) is 6.09. The van der Waals surface area contributed by atoms with Crippen LogP contribution in [0.5, 0.6) is 0 Å². The Kier molecular flexibility index (Phi) is 3.55. The Morgan fingerprint density at radius 2 is 2.00 bits per heavy atom. The topological polar surface area (TPSA) is 67.2 Å². The highest BCUT2D eigenvalue weighted by atomic mass is 19.1. The summed E-state index contributed by atoms with van der Waals surface area (Å²) in [4.78, 5) is 25.9. The first-order chi connectivity index (χ1) is 11.6. The summed E-state index contributed by atoms with van der Waals surface area (Å²) in [5.41, 5.74) is 3.12. The number of halogens is 1. The van der Waals surface area contributed by atoms with Crippen molar-refractivity contribution in [2.45, 2.75) is 19.3 Å². The number of amides is 2. The molecule has 1 aromatic heterocycles. The Balaban J connectivity index is 1.72. The molecule has 1 saturated heterocycles. The van der Waals surface area contributed by atoms with E-state index in [0.29, 0.717) is 18.8 Å². The highest BCUT2D eigenvalue weighted by Crippen LogP contribution is 2.28. The lowest BCUT2D eigenvalue weighted by Gasteiger charge is -2.26. The van der Waals surface area contributed by atoms with E-state index in [4.69, 9.17) is 0 Å². The molecule has 1 N–H and O–H groups in total. The number of carbonyl (C=O) groups is 2. The van der Waals surface area contributed by atoms with Crippen molar-refractivity contribution in [2.24, 2.45) is 0 Å². The molecule has 1 aliphatic carbocycles. The van der Waals surface area contributed by atoms with Crippen LogP contribution in [0.2, 0.25) is 0 Å². The van der Waals surface area contributed by atoms with Crippen molar-refractivity contribution >= 4 is 11.8 Å². The quantitative estimate of drug-likeness (QED) is 0.897. The Morgan fingerprint density at radius 1 is 1.21 bits per heavy atom. The molecule has 0 spiro atoms. The molecule has 124 valence electrons. The van der Waals surface area contributed by atoms with Crippen LogP contribution in [0.3, 0.4) is 0 Å². The zero-order valence-electron chi connectivity index (χ0n) is 13.1. The molecular weight excluding hydrogens is 311 g/mol. The number of benzene rings is 1. The van der Waals surface area contributed by atoms with Crippen molar-refractivity contribution in [2.75, 3.05) is 19.6 Å². The number of fused-ring (bicyclic) bond motifs is 1. The molecule has 2 aliphatic rings. The van der Waals surface area contributed by atoms with Crippen LogP contribution in [0.15, 0.2) is 24.3 Å². The maximum atomic E-state index is 13.2. The maximum absolute atomic E-state index is 13.2. The summed E-state index contributed by atoms with van der Waals surface area (Å²) in [6.45, 7) is 1.02. The van der Waals surface area contributed by atoms with Crippen molar-refractivity contribution in [3.63, 3.8) is 0 Å². The average Bonchev–Trinajstić information content (AvgIpc) is 3.17. The lowest BCUT2D eigenvalue weighted by Crippen LogP contribution is -2.50. The highest BCUT2D eigenvalue weighted by molar-refractivity contribution is 5.97. The van der Waals surface area contributed by atoms with E-state index in [1.54, 1.807) is 16.8 Å². The summed E-state index contributed by atoms with van der Waals surface area (Å²) in [6, 6.07) is 6.08. The molecular formula is C17H17FN4O2. The molecule has 2 heterocycles. The van der Waals surface area contributed by atoms with Crippen molar-refractivity contribution in [1.29, 1.82) is 0 Å². The van der Waals surface area contributed by atoms with E-state index in [9.17, 15) is 14.0 Å². The molecule has 1 aliphatic heterocycles. The Labute approximate surface area is 138 Å². The van der Waals surface area contributed by atoms with Crippen molar-refractivity contribution in [3.8, 4) is 5.69 Å². The van der Waals surface area contributed by atoms with Crippen LogP contribution < -0.4 is 5.32 Å². The van der Waals surface area contributed by atoms with Gasteiger partial charge in [0.15, 0.2) is 5.69 Å². The first kappa shape index (κ1) is 14.9. The molecule has 24 heavy (non-hydrogen) atoms. The van der Waals surface area contributed by atoms with Gasteiger partial charge in [0.1, 0.15) is 5.82 Å². The van der Waals surface area contributed by atoms with Gasteiger partial charge in [0.2, 0.25) is 5.91 Å². The number of hydrogen-bond donors (Lipinski definition) is 1. The van der Waals surface area contributed by atoms with E-state index in [2.05, 4.69) is 10.4 Å². The van der Waals surface area contributed by atoms with Crippen molar-refractivity contribution < 1.29 is 14.0 Å². The summed E-state index contributed by atoms with van der Waals surface area (Å²) in [7, 11) is 0. The molecule has 0 saturated carbocycles. The number of rotatable bonds is 2. The molecule has 0 bridgehead atoms. The summed E-state index contributed by atoms with van der Waals surface area (Å²) in [6.07, 6.45) is 2.61. The van der Waals surface area contributed by atoms with Crippen LogP contribution in [-0.4, -0.2) is 46.1 Å². The fraction of sp³-hybridized carbons (Fsp3) is 0.353. The van der Waals surface area contributed by atoms with E-state index >= 15 is 0 Å². The second-order valence-electron chi connectivity index (χ2n) is 6.09. The van der Waals surface area contributed by atoms with Gasteiger partial charge in [0.05, 0.1) is 12.2 Å². The van der Waals surface area contributed by atoms with Gasteiger partial charge in [-0.05, 0) is 43.5 Å². The fourth-order valence-electron chi connectivity index (χ4n) is 3.37. The van der Waals surface area contributed by atoms with Gasteiger partial charge in [-0.1, -0.05) is 0 Å². The molecule has 2 amide bonds. The average molecular weight is 328 g/mol. The predicted octanol–water partition coefficient (Wildman–Crippen LogP) is 1.07. The van der Waals surface area contributed by atoms with Gasteiger partial charge in [0, 0.05) is 24.3 Å². The van der Waals surface area contributed by atoms with Gasteiger partial charge in [-0.2, -0.15) is 5.10 Å². The number of nitrogens with zero attached hydrogens (tertiary/aromatic N) is 3. The van der Waals surface area contributed by atoms with Gasteiger partial charge in [-0.15, -0.1) is 0 Å². The van der Waals surface area contributed by atoms with Crippen LogP contribution in [0, 0.1) is 5.82 Å². The fourth-order valence-corrected chi connectivity index (χ4v) is 3.37. The van der Waals surface area contributed by atoms with E-state index in [0.717, 1.165) is 36.2 Å². The first-order valence-electron chi connectivity index (χ1n) is 8.06. The zero-order chi connectivity index (χ0) is 16.7. The van der Waals surface area contributed by atoms with Crippen LogP contribution in [0.4, 0.5) is 4.39 Å². The van der Waals surface area contributed by atoms with E-state index in [1.165, 1.54) is 17.0 Å². The predicted molar refractivity (Wildman–Crippen MR) is 84.5 cm³/mol. The highest BCUT2D eigenvalue weighted by Gasteiger charge is 2.31. The number of hydrogen-bond acceptors (Lipinski definition) is 3. The van der Waals surface area contributed by atoms with Gasteiger partial charge >= 0.3 is 0 Å². The first-order valence-corrected chi connectivity index (χ1v) is 8.06. The van der Waals surface area contributed by atoms with E-state index in [1.807, 2.05) is 0 Å². The number of piperazine rings is 1. The summed E-state index contributed by atoms with van der Waals surface area (Å²) in [5, 5.41) is 7.22. The van der Waals surface area contributed by atoms with E-state index in [-0.39, 0.29) is 24.2 Å². The molecule has 1 fully saturated rings. The van der Waals surface area contributed by atoms with Crippen LogP contribution >= 0.6 is 0 Å². The molecule has 2 aromatic rings. The Morgan fingerprint density at radius 3 is 2.75 bits per heavy atom. The molecule has 4 rings (SSSR count). The van der Waals surface area contributed by atoms with Crippen LogP contribution in [0.25, 0.3) is 5.69 Å². The minimum Gasteiger partial charge on any atom is -0.353 e. The van der Waals surface area contributed by atoms with Gasteiger partial charge < -0.3 is 10.2 Å². The number of aromatic nitrogens is 2. The molecule has 1 aromatic carbocycles. The third-order valence-electron chi connectivity index (χ3n) is 4.53. The molecule has 0 atom stereocenters. The zero-order valence-corrected chi connectivity index (χ0v) is 13.1.